The molecule has 164 valence electrons. The van der Waals surface area contributed by atoms with E-state index in [0.717, 1.165) is 12.8 Å². The van der Waals surface area contributed by atoms with Crippen molar-refractivity contribution in [3.8, 4) is 5.75 Å². The van der Waals surface area contributed by atoms with Crippen molar-refractivity contribution in [1.29, 1.82) is 0 Å². The zero-order valence-electron chi connectivity index (χ0n) is 18.7. The number of hydrogen-bond donors (Lipinski definition) is 1. The molecule has 0 aliphatic heterocycles. The van der Waals surface area contributed by atoms with Gasteiger partial charge in [0.25, 0.3) is 0 Å². The van der Waals surface area contributed by atoms with Gasteiger partial charge in [-0.2, -0.15) is 0 Å². The van der Waals surface area contributed by atoms with Crippen LogP contribution in [-0.2, 0) is 19.1 Å². The third kappa shape index (κ3) is 9.90. The summed E-state index contributed by atoms with van der Waals surface area (Å²) in [5.41, 5.74) is 4.70. The molecule has 0 aromatic heterocycles. The fourth-order valence-corrected chi connectivity index (χ4v) is 2.66. The summed E-state index contributed by atoms with van der Waals surface area (Å²) in [5.74, 6) is 0.277. The fourth-order valence-electron chi connectivity index (χ4n) is 2.66. The van der Waals surface area contributed by atoms with E-state index in [1.807, 2.05) is 13.8 Å². The number of ketones is 1. The number of anilines is 1. The minimum atomic E-state index is -1.00. The molecule has 0 saturated carbocycles. The lowest BCUT2D eigenvalue weighted by Crippen LogP contribution is -2.42. The van der Waals surface area contributed by atoms with Gasteiger partial charge in [-0.05, 0) is 64.3 Å². The van der Waals surface area contributed by atoms with Gasteiger partial charge < -0.3 is 19.9 Å². The van der Waals surface area contributed by atoms with Gasteiger partial charge in [0.05, 0.1) is 18.6 Å². The highest BCUT2D eigenvalue weighted by Crippen LogP contribution is 2.21. The van der Waals surface area contributed by atoms with Gasteiger partial charge in [0, 0.05) is 18.7 Å². The zero-order chi connectivity index (χ0) is 22.1. The van der Waals surface area contributed by atoms with Crippen molar-refractivity contribution in [2.75, 3.05) is 18.9 Å². The van der Waals surface area contributed by atoms with Crippen LogP contribution in [0.15, 0.2) is 24.3 Å². The number of nitrogens with two attached hydrogens (primary N) is 1. The fraction of sp³-hybridized carbons (Fsp3) is 0.652. The summed E-state index contributed by atoms with van der Waals surface area (Å²) >= 11 is 0. The van der Waals surface area contributed by atoms with Crippen molar-refractivity contribution >= 4 is 17.4 Å². The van der Waals surface area contributed by atoms with Gasteiger partial charge in [-0.3, -0.25) is 9.59 Å². The van der Waals surface area contributed by atoms with Crippen molar-refractivity contribution < 1.29 is 23.8 Å². The average Bonchev–Trinajstić information content (AvgIpc) is 2.65. The molecule has 0 aliphatic rings. The molecule has 1 unspecified atom stereocenters. The molecule has 1 rings (SSSR count). The second-order valence-electron chi connectivity index (χ2n) is 8.73. The van der Waals surface area contributed by atoms with Crippen molar-refractivity contribution in [2.45, 2.75) is 78.4 Å². The number of esters is 1. The Bertz CT molecular complexity index is 652. The first-order chi connectivity index (χ1) is 13.4. The average molecular weight is 408 g/mol. The number of nitrogen functional groups attached to an aromatic ring is 1. The highest BCUT2D eigenvalue weighted by Gasteiger charge is 2.32. The smallest absolute Gasteiger partial charge is 0.311 e. The Labute approximate surface area is 175 Å². The van der Waals surface area contributed by atoms with Crippen LogP contribution in [0.2, 0.25) is 0 Å². The van der Waals surface area contributed by atoms with Crippen LogP contribution in [0.4, 0.5) is 5.69 Å². The van der Waals surface area contributed by atoms with Crippen LogP contribution < -0.4 is 10.5 Å². The molecule has 0 saturated heterocycles. The van der Waals surface area contributed by atoms with E-state index in [1.54, 1.807) is 38.1 Å². The van der Waals surface area contributed by atoms with Crippen LogP contribution in [0.3, 0.4) is 0 Å². The molecule has 6 heteroatoms. The third-order valence-corrected chi connectivity index (χ3v) is 4.66. The van der Waals surface area contributed by atoms with E-state index in [9.17, 15) is 9.59 Å². The van der Waals surface area contributed by atoms with E-state index in [-0.39, 0.29) is 18.6 Å². The molecule has 1 aromatic rings. The van der Waals surface area contributed by atoms with Gasteiger partial charge in [0.1, 0.15) is 11.4 Å². The van der Waals surface area contributed by atoms with Gasteiger partial charge in [0.15, 0.2) is 5.78 Å². The van der Waals surface area contributed by atoms with Crippen LogP contribution in [0, 0.1) is 5.92 Å². The number of rotatable bonds is 13. The number of ether oxygens (including phenoxy) is 3. The molecule has 6 nitrogen and oxygen atoms in total. The quantitative estimate of drug-likeness (QED) is 0.293. The maximum absolute atomic E-state index is 12.5. The molecule has 29 heavy (non-hydrogen) atoms. The summed E-state index contributed by atoms with van der Waals surface area (Å²) < 4.78 is 17.1. The van der Waals surface area contributed by atoms with Crippen molar-refractivity contribution in [3.05, 3.63) is 24.3 Å². The lowest BCUT2D eigenvalue weighted by Gasteiger charge is -2.32. The third-order valence-electron chi connectivity index (χ3n) is 4.66. The number of hydrogen-bond acceptors (Lipinski definition) is 6. The number of benzene rings is 1. The van der Waals surface area contributed by atoms with Crippen LogP contribution in [0.5, 0.6) is 5.75 Å². The number of carbonyl (C=O) groups is 2. The lowest BCUT2D eigenvalue weighted by molar-refractivity contribution is -0.156. The second-order valence-corrected chi connectivity index (χ2v) is 8.73. The minimum Gasteiger partial charge on any atom is -0.427 e. The van der Waals surface area contributed by atoms with E-state index < -0.39 is 17.2 Å². The monoisotopic (exact) mass is 407 g/mol. The van der Waals surface area contributed by atoms with Crippen LogP contribution in [-0.4, -0.2) is 36.2 Å². The van der Waals surface area contributed by atoms with Crippen LogP contribution in [0.25, 0.3) is 0 Å². The molecule has 0 aliphatic carbocycles. The Kier molecular flexibility index (Phi) is 9.80. The molecule has 2 N–H and O–H groups in total. The molecule has 0 fully saturated rings. The van der Waals surface area contributed by atoms with Gasteiger partial charge in [-0.1, -0.05) is 20.3 Å². The highest BCUT2D eigenvalue weighted by molar-refractivity contribution is 5.89. The molecule has 0 radical (unpaired) electrons. The number of Topliss-reactive ketones (excluding diaryl/α,β-unsaturated/α-hetero) is 1. The van der Waals surface area contributed by atoms with Crippen molar-refractivity contribution in [3.63, 3.8) is 0 Å². The van der Waals surface area contributed by atoms with E-state index in [0.29, 0.717) is 30.6 Å². The van der Waals surface area contributed by atoms with Crippen molar-refractivity contribution in [1.82, 2.24) is 0 Å². The molecule has 0 bridgehead atoms. The number of carbonyl (C=O) groups excluding carboxylic acids is 2. The first-order valence-electron chi connectivity index (χ1n) is 10.3. The van der Waals surface area contributed by atoms with E-state index in [4.69, 9.17) is 19.9 Å². The van der Waals surface area contributed by atoms with Gasteiger partial charge in [-0.25, -0.2) is 0 Å². The van der Waals surface area contributed by atoms with Gasteiger partial charge in [-0.15, -0.1) is 0 Å². The Morgan fingerprint density at radius 1 is 1.03 bits per heavy atom. The summed E-state index contributed by atoms with van der Waals surface area (Å²) in [4.78, 5) is 24.5. The topological polar surface area (TPSA) is 87.8 Å². The minimum absolute atomic E-state index is 0.00950. The van der Waals surface area contributed by atoms with Crippen molar-refractivity contribution in [2.24, 2.45) is 5.92 Å². The predicted molar refractivity (Wildman–Crippen MR) is 115 cm³/mol. The summed E-state index contributed by atoms with van der Waals surface area (Å²) in [5, 5.41) is 0. The Balaban J connectivity index is 2.43. The SMILES string of the molecule is CCCC(C)COC(C)(C)COC(C)(C)C(=O)CCC(=O)Oc1ccc(N)cc1. The molecule has 1 aromatic carbocycles. The maximum atomic E-state index is 12.5. The predicted octanol–water partition coefficient (Wildman–Crippen LogP) is 4.55. The summed E-state index contributed by atoms with van der Waals surface area (Å²) in [6, 6.07) is 6.53. The standard InChI is InChI=1S/C23H37NO5/c1-7-8-17(2)15-27-22(3,4)16-28-23(5,6)20(25)13-14-21(26)29-19-11-9-18(24)10-12-19/h9-12,17H,7-8,13-16,24H2,1-6H3. The summed E-state index contributed by atoms with van der Waals surface area (Å²) in [6.07, 6.45) is 2.29. The summed E-state index contributed by atoms with van der Waals surface area (Å²) in [6.45, 7) is 12.6. The van der Waals surface area contributed by atoms with E-state index in [2.05, 4.69) is 13.8 Å². The Morgan fingerprint density at radius 3 is 2.24 bits per heavy atom. The molecule has 0 heterocycles. The van der Waals surface area contributed by atoms with Gasteiger partial charge >= 0.3 is 5.97 Å². The Hall–Kier alpha value is -1.92. The van der Waals surface area contributed by atoms with E-state index in [1.165, 1.54) is 0 Å². The molecular weight excluding hydrogens is 370 g/mol. The lowest BCUT2D eigenvalue weighted by atomic mass is 9.98. The van der Waals surface area contributed by atoms with Gasteiger partial charge in [0.2, 0.25) is 0 Å². The molecular formula is C23H37NO5. The Morgan fingerprint density at radius 2 is 1.66 bits per heavy atom. The normalized spacial score (nSPS) is 13.2. The summed E-state index contributed by atoms with van der Waals surface area (Å²) in [7, 11) is 0. The van der Waals surface area contributed by atoms with Crippen LogP contribution >= 0.6 is 0 Å². The second kappa shape index (κ2) is 11.3. The first-order valence-corrected chi connectivity index (χ1v) is 10.3. The van der Waals surface area contributed by atoms with E-state index >= 15 is 0 Å². The molecule has 0 spiro atoms. The maximum Gasteiger partial charge on any atom is 0.311 e. The zero-order valence-corrected chi connectivity index (χ0v) is 18.7. The molecule has 0 amide bonds. The first kappa shape index (κ1) is 25.1. The van der Waals surface area contributed by atoms with Crippen LogP contribution in [0.1, 0.15) is 67.2 Å². The highest BCUT2D eigenvalue weighted by atomic mass is 16.6. The largest absolute Gasteiger partial charge is 0.427 e. The molecule has 1 atom stereocenters.